The van der Waals surface area contributed by atoms with Crippen molar-refractivity contribution in [2.24, 2.45) is 0 Å². The smallest absolute Gasteiger partial charge is 0.274 e. The van der Waals surface area contributed by atoms with E-state index in [0.29, 0.717) is 23.9 Å². The van der Waals surface area contributed by atoms with Crippen molar-refractivity contribution in [3.63, 3.8) is 0 Å². The molecule has 0 saturated carbocycles. The van der Waals surface area contributed by atoms with Crippen molar-refractivity contribution in [1.82, 2.24) is 9.97 Å². The molecule has 6 heteroatoms. The second-order valence-electron chi connectivity index (χ2n) is 6.98. The van der Waals surface area contributed by atoms with Gasteiger partial charge in [-0.05, 0) is 56.5 Å². The molecule has 3 rings (SSSR count). The summed E-state index contributed by atoms with van der Waals surface area (Å²) in [6.07, 6.45) is 0.830. The minimum atomic E-state index is -0.249. The third-order valence-electron chi connectivity index (χ3n) is 4.58. The van der Waals surface area contributed by atoms with Crippen molar-refractivity contribution in [1.29, 1.82) is 0 Å². The number of rotatable bonds is 7. The van der Waals surface area contributed by atoms with Crippen molar-refractivity contribution in [2.45, 2.75) is 27.2 Å². The summed E-state index contributed by atoms with van der Waals surface area (Å²) in [5.41, 5.74) is 4.48. The molecule has 0 atom stereocenters. The molecule has 6 nitrogen and oxygen atoms in total. The van der Waals surface area contributed by atoms with Gasteiger partial charge in [-0.1, -0.05) is 29.8 Å². The summed E-state index contributed by atoms with van der Waals surface area (Å²) in [6.45, 7) is 6.47. The minimum Gasteiger partial charge on any atom is -0.497 e. The SMILES string of the molecule is COc1ccc(CCNc2cc(C(=O)Nc3ccc(C)cc3C)nc(C)n2)cc1. The molecule has 2 aromatic carbocycles. The van der Waals surface area contributed by atoms with Crippen molar-refractivity contribution in [3.05, 3.63) is 76.7 Å². The fourth-order valence-corrected chi connectivity index (χ4v) is 3.04. The molecule has 0 bridgehead atoms. The molecule has 1 heterocycles. The second kappa shape index (κ2) is 9.19. The Labute approximate surface area is 171 Å². The predicted molar refractivity (Wildman–Crippen MR) is 116 cm³/mol. The molecule has 1 aromatic heterocycles. The number of ether oxygens (including phenoxy) is 1. The van der Waals surface area contributed by atoms with E-state index in [2.05, 4.69) is 20.6 Å². The van der Waals surface area contributed by atoms with Gasteiger partial charge in [-0.15, -0.1) is 0 Å². The highest BCUT2D eigenvalue weighted by Crippen LogP contribution is 2.18. The average molecular weight is 390 g/mol. The third-order valence-corrected chi connectivity index (χ3v) is 4.58. The quantitative estimate of drug-likeness (QED) is 0.628. The summed E-state index contributed by atoms with van der Waals surface area (Å²) in [7, 11) is 1.65. The van der Waals surface area contributed by atoms with Gasteiger partial charge in [0.25, 0.3) is 5.91 Å². The van der Waals surface area contributed by atoms with Crippen molar-refractivity contribution in [3.8, 4) is 5.75 Å². The first-order valence-corrected chi connectivity index (χ1v) is 9.55. The average Bonchev–Trinajstić information content (AvgIpc) is 2.70. The van der Waals surface area contributed by atoms with Crippen LogP contribution >= 0.6 is 0 Å². The van der Waals surface area contributed by atoms with Crippen LogP contribution in [-0.2, 0) is 6.42 Å². The molecular formula is C23H26N4O2. The molecule has 0 fully saturated rings. The standard InChI is InChI=1S/C23H26N4O2/c1-15-5-10-20(16(2)13-15)27-23(28)21-14-22(26-17(3)25-21)24-12-11-18-6-8-19(29-4)9-7-18/h5-10,13-14H,11-12H2,1-4H3,(H,27,28)(H,24,25,26). The number of carbonyl (C=O) groups excluding carboxylic acids is 1. The molecule has 0 radical (unpaired) electrons. The largest absolute Gasteiger partial charge is 0.497 e. The molecule has 1 amide bonds. The number of anilines is 2. The summed E-state index contributed by atoms with van der Waals surface area (Å²) >= 11 is 0. The minimum absolute atomic E-state index is 0.249. The van der Waals surface area contributed by atoms with Gasteiger partial charge in [-0.2, -0.15) is 0 Å². The Morgan fingerprint density at radius 3 is 2.45 bits per heavy atom. The van der Waals surface area contributed by atoms with E-state index in [1.807, 2.05) is 56.3 Å². The molecule has 0 aliphatic heterocycles. The van der Waals surface area contributed by atoms with Crippen LogP contribution in [0.3, 0.4) is 0 Å². The molecule has 0 aliphatic rings. The Hall–Kier alpha value is -3.41. The molecular weight excluding hydrogens is 364 g/mol. The van der Waals surface area contributed by atoms with Gasteiger partial charge in [0.15, 0.2) is 0 Å². The Balaban J connectivity index is 1.64. The van der Waals surface area contributed by atoms with Crippen LogP contribution in [0, 0.1) is 20.8 Å². The molecule has 2 N–H and O–H groups in total. The Morgan fingerprint density at radius 2 is 1.76 bits per heavy atom. The van der Waals surface area contributed by atoms with Crippen LogP contribution in [0.1, 0.15) is 33.0 Å². The van der Waals surface area contributed by atoms with Gasteiger partial charge >= 0.3 is 0 Å². The first-order chi connectivity index (χ1) is 13.9. The number of nitrogens with zero attached hydrogens (tertiary/aromatic N) is 2. The van der Waals surface area contributed by atoms with E-state index in [1.165, 1.54) is 5.56 Å². The van der Waals surface area contributed by atoms with Gasteiger partial charge in [0, 0.05) is 18.3 Å². The van der Waals surface area contributed by atoms with E-state index in [1.54, 1.807) is 20.1 Å². The summed E-state index contributed by atoms with van der Waals surface area (Å²) in [4.78, 5) is 21.3. The van der Waals surface area contributed by atoms with Gasteiger partial charge in [0.05, 0.1) is 7.11 Å². The predicted octanol–water partition coefficient (Wildman–Crippen LogP) is 4.32. The van der Waals surface area contributed by atoms with Gasteiger partial charge in [-0.3, -0.25) is 4.79 Å². The van der Waals surface area contributed by atoms with Crippen LogP contribution in [0.15, 0.2) is 48.5 Å². The number of benzene rings is 2. The molecule has 3 aromatic rings. The van der Waals surface area contributed by atoms with E-state index in [-0.39, 0.29) is 5.91 Å². The van der Waals surface area contributed by atoms with Crippen LogP contribution in [-0.4, -0.2) is 29.5 Å². The number of aromatic nitrogens is 2. The topological polar surface area (TPSA) is 76.1 Å². The normalized spacial score (nSPS) is 10.5. The molecule has 0 unspecified atom stereocenters. The maximum atomic E-state index is 12.7. The number of amides is 1. The lowest BCUT2D eigenvalue weighted by Crippen LogP contribution is -2.17. The molecule has 0 aliphatic carbocycles. The van der Waals surface area contributed by atoms with Crippen LogP contribution < -0.4 is 15.4 Å². The lowest BCUT2D eigenvalue weighted by Gasteiger charge is -2.11. The van der Waals surface area contributed by atoms with E-state index < -0.39 is 0 Å². The van der Waals surface area contributed by atoms with Gasteiger partial charge in [-0.25, -0.2) is 9.97 Å². The number of carbonyl (C=O) groups is 1. The second-order valence-corrected chi connectivity index (χ2v) is 6.98. The lowest BCUT2D eigenvalue weighted by molar-refractivity contribution is 0.102. The summed E-state index contributed by atoms with van der Waals surface area (Å²) in [5.74, 6) is 1.77. The molecule has 29 heavy (non-hydrogen) atoms. The van der Waals surface area contributed by atoms with Gasteiger partial charge in [0.1, 0.15) is 23.1 Å². The van der Waals surface area contributed by atoms with Crippen molar-refractivity contribution < 1.29 is 9.53 Å². The van der Waals surface area contributed by atoms with Crippen LogP contribution in [0.5, 0.6) is 5.75 Å². The maximum absolute atomic E-state index is 12.7. The third kappa shape index (κ3) is 5.54. The fraction of sp³-hybridized carbons (Fsp3) is 0.261. The molecule has 150 valence electrons. The Bertz CT molecular complexity index is 1000. The number of aryl methyl sites for hydroxylation is 3. The molecule has 0 spiro atoms. The lowest BCUT2D eigenvalue weighted by atomic mass is 10.1. The van der Waals surface area contributed by atoms with Gasteiger partial charge < -0.3 is 15.4 Å². The molecule has 0 saturated heterocycles. The van der Waals surface area contributed by atoms with E-state index in [9.17, 15) is 4.79 Å². The van der Waals surface area contributed by atoms with Crippen LogP contribution in [0.2, 0.25) is 0 Å². The summed E-state index contributed by atoms with van der Waals surface area (Å²) in [5, 5.41) is 6.21. The highest BCUT2D eigenvalue weighted by Gasteiger charge is 2.12. The number of methoxy groups -OCH3 is 1. The monoisotopic (exact) mass is 390 g/mol. The van der Waals surface area contributed by atoms with Crippen LogP contribution in [0.4, 0.5) is 11.5 Å². The van der Waals surface area contributed by atoms with Gasteiger partial charge in [0.2, 0.25) is 0 Å². The Morgan fingerprint density at radius 1 is 1.00 bits per heavy atom. The highest BCUT2D eigenvalue weighted by molar-refractivity contribution is 6.03. The summed E-state index contributed by atoms with van der Waals surface area (Å²) < 4.78 is 5.18. The zero-order valence-electron chi connectivity index (χ0n) is 17.2. The van der Waals surface area contributed by atoms with E-state index >= 15 is 0 Å². The number of hydrogen-bond donors (Lipinski definition) is 2. The van der Waals surface area contributed by atoms with E-state index in [4.69, 9.17) is 4.74 Å². The van der Waals surface area contributed by atoms with Crippen molar-refractivity contribution in [2.75, 3.05) is 24.3 Å². The fourth-order valence-electron chi connectivity index (χ4n) is 3.04. The number of hydrogen-bond acceptors (Lipinski definition) is 5. The first-order valence-electron chi connectivity index (χ1n) is 9.55. The zero-order chi connectivity index (χ0) is 20.8. The first kappa shape index (κ1) is 20.3. The van der Waals surface area contributed by atoms with Crippen molar-refractivity contribution >= 4 is 17.4 Å². The maximum Gasteiger partial charge on any atom is 0.274 e. The highest BCUT2D eigenvalue weighted by atomic mass is 16.5. The zero-order valence-corrected chi connectivity index (χ0v) is 17.2. The van der Waals surface area contributed by atoms with Crippen LogP contribution in [0.25, 0.3) is 0 Å². The van der Waals surface area contributed by atoms with E-state index in [0.717, 1.165) is 29.0 Å². The number of nitrogens with one attached hydrogen (secondary N) is 2. The summed E-state index contributed by atoms with van der Waals surface area (Å²) in [6, 6.07) is 15.6. The Kier molecular flexibility index (Phi) is 6.44.